The van der Waals surface area contributed by atoms with Crippen LogP contribution in [0.15, 0.2) is 94.7 Å². The Bertz CT molecular complexity index is 2370. The number of carbonyl (C=O) groups excluding carboxylic acids is 2. The van der Waals surface area contributed by atoms with E-state index in [1.807, 2.05) is 38.1 Å². The summed E-state index contributed by atoms with van der Waals surface area (Å²) in [6.45, 7) is 9.28. The van der Waals surface area contributed by atoms with E-state index in [0.717, 1.165) is 50.3 Å². The molecule has 3 aliphatic rings. The number of unbranched alkanes of at least 4 members (excludes halogenated alkanes) is 4. The highest BCUT2D eigenvalue weighted by Crippen LogP contribution is 2.46. The minimum atomic E-state index is -0.564. The van der Waals surface area contributed by atoms with E-state index in [1.165, 1.54) is 126 Å². The number of phenolic OH excluding ortho intramolecular Hbond substituents is 2. The van der Waals surface area contributed by atoms with E-state index in [9.17, 15) is 19.8 Å². The van der Waals surface area contributed by atoms with Crippen molar-refractivity contribution in [3.63, 3.8) is 0 Å². The molecule has 5 nitrogen and oxygen atoms in total. The molecule has 2 saturated carbocycles. The summed E-state index contributed by atoms with van der Waals surface area (Å²) >= 11 is 1.39. The van der Waals surface area contributed by atoms with Crippen LogP contribution >= 0.6 is 11.8 Å². The Kier molecular flexibility index (Phi) is 14.5. The minimum Gasteiger partial charge on any atom is -0.507 e. The van der Waals surface area contributed by atoms with Crippen molar-refractivity contribution < 1.29 is 24.5 Å². The van der Waals surface area contributed by atoms with Gasteiger partial charge in [-0.25, -0.2) is 0 Å². The number of rotatable bonds is 16. The molecule has 0 atom stereocenters. The van der Waals surface area contributed by atoms with Crippen molar-refractivity contribution in [2.24, 2.45) is 17.8 Å². The molecule has 0 aliphatic heterocycles. The summed E-state index contributed by atoms with van der Waals surface area (Å²) in [5.74, 6) is 2.34. The van der Waals surface area contributed by atoms with E-state index < -0.39 is 11.6 Å². The summed E-state index contributed by atoms with van der Waals surface area (Å²) < 4.78 is 6.46. The van der Waals surface area contributed by atoms with Gasteiger partial charge in [-0.2, -0.15) is 0 Å². The SMILES string of the molecule is CCCCCC1CCC(COc2c(C)cc(-c3ccc4c(c3O)C(=O)c3c(O)ccc(Sc5ccc(-c6ccc(C7CCC(CCCCC)CC7)cc6)cc5)c3C4=O)cc2C)CC1. The quantitative estimate of drug-likeness (QED) is 0.0943. The monoisotopic (exact) mass is 862 g/mol. The maximum Gasteiger partial charge on any atom is 0.202 e. The molecule has 8 rings (SSSR count). The van der Waals surface area contributed by atoms with Crippen LogP contribution in [-0.2, 0) is 0 Å². The lowest BCUT2D eigenvalue weighted by molar-refractivity contribution is 0.0972. The Morgan fingerprint density at radius 1 is 0.571 bits per heavy atom. The van der Waals surface area contributed by atoms with Gasteiger partial charge in [-0.1, -0.05) is 126 Å². The lowest BCUT2D eigenvalue weighted by atomic mass is 9.77. The second kappa shape index (κ2) is 20.4. The molecule has 5 aromatic rings. The van der Waals surface area contributed by atoms with Crippen molar-refractivity contribution in [2.75, 3.05) is 6.61 Å². The van der Waals surface area contributed by atoms with Crippen LogP contribution in [0.4, 0.5) is 0 Å². The van der Waals surface area contributed by atoms with Gasteiger partial charge in [0.15, 0.2) is 5.78 Å². The van der Waals surface area contributed by atoms with E-state index >= 15 is 0 Å². The Hall–Kier alpha value is -4.81. The Morgan fingerprint density at radius 3 is 1.73 bits per heavy atom. The van der Waals surface area contributed by atoms with Crippen LogP contribution in [0.3, 0.4) is 0 Å². The molecule has 2 N–H and O–H groups in total. The van der Waals surface area contributed by atoms with Crippen LogP contribution in [0.2, 0.25) is 0 Å². The molecular weight excluding hydrogens is 797 g/mol. The maximum absolute atomic E-state index is 14.3. The number of ether oxygens (including phenoxy) is 1. The molecule has 3 aliphatic carbocycles. The third-order valence-corrected chi connectivity index (χ3v) is 15.6. The zero-order chi connectivity index (χ0) is 44.0. The van der Waals surface area contributed by atoms with Gasteiger partial charge in [-0.05, 0) is 158 Å². The van der Waals surface area contributed by atoms with Crippen molar-refractivity contribution in [1.29, 1.82) is 0 Å². The van der Waals surface area contributed by atoms with Crippen LogP contribution in [0, 0.1) is 31.6 Å². The molecule has 63 heavy (non-hydrogen) atoms. The van der Waals surface area contributed by atoms with Gasteiger partial charge in [0.25, 0.3) is 0 Å². The van der Waals surface area contributed by atoms with E-state index in [-0.39, 0.29) is 33.8 Å². The molecule has 0 bridgehead atoms. The topological polar surface area (TPSA) is 83.8 Å². The number of phenols is 2. The molecule has 0 radical (unpaired) electrons. The number of aryl methyl sites for hydroxylation is 2. The first-order valence-corrected chi connectivity index (χ1v) is 24.9. The fourth-order valence-corrected chi connectivity index (χ4v) is 11.7. The largest absolute Gasteiger partial charge is 0.507 e. The molecule has 5 aromatic carbocycles. The molecule has 6 heteroatoms. The predicted octanol–water partition coefficient (Wildman–Crippen LogP) is 15.6. The normalized spacial score (nSPS) is 19.7. The van der Waals surface area contributed by atoms with E-state index in [0.29, 0.717) is 28.9 Å². The molecule has 0 spiro atoms. The van der Waals surface area contributed by atoms with Gasteiger partial charge in [0, 0.05) is 20.9 Å². The fourth-order valence-electron chi connectivity index (χ4n) is 10.8. The fraction of sp³-hybridized carbons (Fsp3) is 0.439. The van der Waals surface area contributed by atoms with Gasteiger partial charge in [-0.3, -0.25) is 9.59 Å². The number of carbonyl (C=O) groups is 2. The first-order valence-electron chi connectivity index (χ1n) is 24.1. The molecule has 0 heterocycles. The van der Waals surface area contributed by atoms with Crippen LogP contribution in [-0.4, -0.2) is 28.4 Å². The van der Waals surface area contributed by atoms with Crippen molar-refractivity contribution in [2.45, 2.75) is 146 Å². The van der Waals surface area contributed by atoms with Gasteiger partial charge in [-0.15, -0.1) is 0 Å². The number of ketones is 2. The summed E-state index contributed by atoms with van der Waals surface area (Å²) in [4.78, 5) is 30.1. The zero-order valence-corrected chi connectivity index (χ0v) is 38.8. The van der Waals surface area contributed by atoms with Gasteiger partial charge < -0.3 is 14.9 Å². The summed E-state index contributed by atoms with van der Waals surface area (Å²) in [7, 11) is 0. The lowest BCUT2D eigenvalue weighted by Crippen LogP contribution is -2.22. The molecule has 0 unspecified atom stereocenters. The number of fused-ring (bicyclic) bond motifs is 2. The van der Waals surface area contributed by atoms with Crippen molar-refractivity contribution in [3.8, 4) is 39.5 Å². The van der Waals surface area contributed by atoms with Crippen LogP contribution < -0.4 is 4.74 Å². The average Bonchev–Trinajstić information content (AvgIpc) is 3.29. The summed E-state index contributed by atoms with van der Waals surface area (Å²) in [6.07, 6.45) is 21.0. The molecule has 330 valence electrons. The summed E-state index contributed by atoms with van der Waals surface area (Å²) in [5.41, 5.74) is 6.97. The highest BCUT2D eigenvalue weighted by atomic mass is 32.2. The number of benzene rings is 5. The van der Waals surface area contributed by atoms with Crippen LogP contribution in [0.1, 0.15) is 171 Å². The standard InChI is InChI=1S/C57H66O5S/c1-5-7-9-11-38-13-15-40(16-14-38)35-62-57-36(3)33-45(34-37(57)4)47-29-30-48-51(54(47)59)56(61)52-49(58)31-32-50(53(52)55(48)60)63-46-27-25-44(26-28-46)43-23-21-42(22-24-43)41-19-17-39(18-20-41)12-10-8-6-2/h21-34,38-41,58-59H,5-20,35H2,1-4H3. The average molecular weight is 863 g/mol. The highest BCUT2D eigenvalue weighted by molar-refractivity contribution is 7.99. The van der Waals surface area contributed by atoms with E-state index in [1.54, 1.807) is 18.2 Å². The number of aromatic hydroxyl groups is 2. The van der Waals surface area contributed by atoms with Gasteiger partial charge in [0.2, 0.25) is 5.78 Å². The van der Waals surface area contributed by atoms with Crippen molar-refractivity contribution in [3.05, 3.63) is 124 Å². The van der Waals surface area contributed by atoms with Gasteiger partial charge in [0.05, 0.1) is 23.3 Å². The van der Waals surface area contributed by atoms with Crippen molar-refractivity contribution in [1.82, 2.24) is 0 Å². The Morgan fingerprint density at radius 2 is 1.13 bits per heavy atom. The van der Waals surface area contributed by atoms with E-state index in [2.05, 4.69) is 50.2 Å². The van der Waals surface area contributed by atoms with Crippen molar-refractivity contribution >= 4 is 23.3 Å². The third kappa shape index (κ3) is 9.97. The smallest absolute Gasteiger partial charge is 0.202 e. The number of hydrogen-bond acceptors (Lipinski definition) is 6. The minimum absolute atomic E-state index is 0.0715. The molecule has 0 amide bonds. The first-order chi connectivity index (χ1) is 30.6. The predicted molar refractivity (Wildman–Crippen MR) is 258 cm³/mol. The van der Waals surface area contributed by atoms with E-state index in [4.69, 9.17) is 4.74 Å². The van der Waals surface area contributed by atoms with Gasteiger partial charge in [0.1, 0.15) is 17.2 Å². The van der Waals surface area contributed by atoms with Crippen LogP contribution in [0.25, 0.3) is 22.3 Å². The summed E-state index contributed by atoms with van der Waals surface area (Å²) in [6, 6.07) is 27.8. The Labute approximate surface area is 380 Å². The molecule has 0 aromatic heterocycles. The molecule has 2 fully saturated rings. The molecule has 0 saturated heterocycles. The lowest BCUT2D eigenvalue weighted by Gasteiger charge is -2.29. The van der Waals surface area contributed by atoms with Gasteiger partial charge >= 0.3 is 0 Å². The second-order valence-corrected chi connectivity index (χ2v) is 20.1. The third-order valence-electron chi connectivity index (χ3n) is 14.5. The summed E-state index contributed by atoms with van der Waals surface area (Å²) in [5, 5.41) is 22.8. The first kappa shape index (κ1) is 44.8. The van der Waals surface area contributed by atoms with Crippen LogP contribution in [0.5, 0.6) is 17.2 Å². The maximum atomic E-state index is 14.3. The second-order valence-electron chi connectivity index (χ2n) is 19.0. The Balaban J connectivity index is 0.937. The number of hydrogen-bond donors (Lipinski definition) is 2. The molecular formula is C57H66O5S. The zero-order valence-electron chi connectivity index (χ0n) is 37.9. The highest BCUT2D eigenvalue weighted by Gasteiger charge is 2.37.